The Hall–Kier alpha value is -1.92. The normalized spacial score (nSPS) is 25.2. The number of fused-ring (bicyclic) bond motifs is 1. The lowest BCUT2D eigenvalue weighted by atomic mass is 10.1. The second-order valence-corrected chi connectivity index (χ2v) is 5.04. The van der Waals surface area contributed by atoms with E-state index in [0.717, 1.165) is 5.69 Å². The Bertz CT molecular complexity index is 546. The quantitative estimate of drug-likeness (QED) is 0.817. The fourth-order valence-electron chi connectivity index (χ4n) is 2.69. The molecule has 0 saturated carbocycles. The van der Waals surface area contributed by atoms with E-state index in [1.165, 1.54) is 0 Å². The van der Waals surface area contributed by atoms with Gasteiger partial charge in [0.1, 0.15) is 6.54 Å². The van der Waals surface area contributed by atoms with E-state index in [1.807, 2.05) is 18.2 Å². The van der Waals surface area contributed by atoms with Crippen LogP contribution in [0.25, 0.3) is 0 Å². The van der Waals surface area contributed by atoms with Crippen molar-refractivity contribution in [2.45, 2.75) is 18.6 Å². The number of anilines is 2. The highest BCUT2D eigenvalue weighted by atomic mass is 16.5. The van der Waals surface area contributed by atoms with E-state index in [0.29, 0.717) is 18.7 Å². The first-order chi connectivity index (χ1) is 9.69. The van der Waals surface area contributed by atoms with Gasteiger partial charge < -0.3 is 15.4 Å². The molecule has 6 heteroatoms. The van der Waals surface area contributed by atoms with Gasteiger partial charge in [0, 0.05) is 13.7 Å². The van der Waals surface area contributed by atoms with Crippen LogP contribution in [-0.4, -0.2) is 44.2 Å². The molecule has 0 radical (unpaired) electrons. The zero-order chi connectivity index (χ0) is 14.1. The monoisotopic (exact) mass is 275 g/mol. The van der Waals surface area contributed by atoms with Crippen molar-refractivity contribution in [1.82, 2.24) is 5.32 Å². The van der Waals surface area contributed by atoms with Gasteiger partial charge in [0.15, 0.2) is 0 Å². The molecule has 2 atom stereocenters. The van der Waals surface area contributed by atoms with Crippen LogP contribution in [-0.2, 0) is 14.3 Å². The second-order valence-electron chi connectivity index (χ2n) is 5.04. The summed E-state index contributed by atoms with van der Waals surface area (Å²) in [6, 6.07) is 7.04. The first-order valence-corrected chi connectivity index (χ1v) is 6.65. The Kier molecular flexibility index (Phi) is 3.42. The summed E-state index contributed by atoms with van der Waals surface area (Å²) in [7, 11) is 1.64. The third-order valence-electron chi connectivity index (χ3n) is 3.76. The Morgan fingerprint density at radius 3 is 2.95 bits per heavy atom. The number of methoxy groups -OCH3 is 1. The van der Waals surface area contributed by atoms with Gasteiger partial charge >= 0.3 is 0 Å². The van der Waals surface area contributed by atoms with Crippen molar-refractivity contribution in [1.29, 1.82) is 0 Å². The number of hydrogen-bond donors (Lipinski definition) is 2. The molecule has 0 spiro atoms. The van der Waals surface area contributed by atoms with E-state index >= 15 is 0 Å². The van der Waals surface area contributed by atoms with Crippen LogP contribution in [0, 0.1) is 0 Å². The Labute approximate surface area is 117 Å². The van der Waals surface area contributed by atoms with Gasteiger partial charge in [-0.25, -0.2) is 0 Å². The standard InChI is InChI=1S/C14H17N3O3/c1-20-9-6-11(15-7-9)14(19)17-8-13(18)16-10-4-2-3-5-12(10)17/h2-5,9,11,15H,6-8H2,1H3,(H,16,18). The van der Waals surface area contributed by atoms with Crippen molar-refractivity contribution >= 4 is 23.2 Å². The molecule has 1 saturated heterocycles. The average Bonchev–Trinajstić information content (AvgIpc) is 2.94. The topological polar surface area (TPSA) is 70.7 Å². The van der Waals surface area contributed by atoms with E-state index < -0.39 is 0 Å². The van der Waals surface area contributed by atoms with E-state index in [4.69, 9.17) is 4.74 Å². The van der Waals surface area contributed by atoms with E-state index in [1.54, 1.807) is 18.1 Å². The summed E-state index contributed by atoms with van der Waals surface area (Å²) in [5.74, 6) is -0.245. The molecule has 2 aliphatic rings. The number of benzene rings is 1. The predicted octanol–water partition coefficient (Wildman–Crippen LogP) is 0.349. The Balaban J connectivity index is 1.83. The van der Waals surface area contributed by atoms with Gasteiger partial charge in [-0.1, -0.05) is 12.1 Å². The summed E-state index contributed by atoms with van der Waals surface area (Å²) in [4.78, 5) is 25.9. The summed E-state index contributed by atoms with van der Waals surface area (Å²) < 4.78 is 5.26. The van der Waals surface area contributed by atoms with Crippen LogP contribution in [0.5, 0.6) is 0 Å². The highest BCUT2D eigenvalue weighted by Crippen LogP contribution is 2.30. The minimum atomic E-state index is -0.293. The second kappa shape index (κ2) is 5.22. The minimum Gasteiger partial charge on any atom is -0.380 e. The van der Waals surface area contributed by atoms with Gasteiger partial charge in [-0.3, -0.25) is 14.5 Å². The van der Waals surface area contributed by atoms with E-state index in [-0.39, 0.29) is 30.5 Å². The number of hydrogen-bond acceptors (Lipinski definition) is 4. The molecule has 0 bridgehead atoms. The summed E-state index contributed by atoms with van der Waals surface area (Å²) in [5.41, 5.74) is 1.43. The molecular formula is C14H17N3O3. The van der Waals surface area contributed by atoms with Crippen LogP contribution in [0.3, 0.4) is 0 Å². The third-order valence-corrected chi connectivity index (χ3v) is 3.76. The van der Waals surface area contributed by atoms with Gasteiger partial charge in [-0.2, -0.15) is 0 Å². The first kappa shape index (κ1) is 13.1. The van der Waals surface area contributed by atoms with Crippen LogP contribution < -0.4 is 15.5 Å². The molecule has 0 aromatic heterocycles. The van der Waals surface area contributed by atoms with Crippen LogP contribution in [0.4, 0.5) is 11.4 Å². The molecule has 6 nitrogen and oxygen atoms in total. The molecule has 2 heterocycles. The highest BCUT2D eigenvalue weighted by Gasteiger charge is 2.35. The number of nitrogens with one attached hydrogen (secondary N) is 2. The largest absolute Gasteiger partial charge is 0.380 e. The lowest BCUT2D eigenvalue weighted by molar-refractivity contribution is -0.123. The van der Waals surface area contributed by atoms with Crippen LogP contribution in [0.1, 0.15) is 6.42 Å². The Morgan fingerprint density at radius 2 is 2.20 bits per heavy atom. The number of rotatable bonds is 2. The number of para-hydroxylation sites is 2. The molecule has 20 heavy (non-hydrogen) atoms. The molecule has 3 rings (SSSR count). The molecular weight excluding hydrogens is 258 g/mol. The molecule has 2 aliphatic heterocycles. The molecule has 1 aromatic carbocycles. The van der Waals surface area contributed by atoms with Crippen molar-refractivity contribution in [3.05, 3.63) is 24.3 Å². The maximum atomic E-state index is 12.6. The Morgan fingerprint density at radius 1 is 1.40 bits per heavy atom. The smallest absolute Gasteiger partial charge is 0.244 e. The molecule has 2 amide bonds. The lowest BCUT2D eigenvalue weighted by Gasteiger charge is -2.31. The highest BCUT2D eigenvalue weighted by molar-refractivity contribution is 6.11. The molecule has 1 fully saturated rings. The van der Waals surface area contributed by atoms with Crippen molar-refractivity contribution in [3.63, 3.8) is 0 Å². The molecule has 106 valence electrons. The fourth-order valence-corrected chi connectivity index (χ4v) is 2.69. The zero-order valence-corrected chi connectivity index (χ0v) is 11.3. The molecule has 2 N–H and O–H groups in total. The maximum Gasteiger partial charge on any atom is 0.244 e. The van der Waals surface area contributed by atoms with Crippen molar-refractivity contribution in [2.24, 2.45) is 0 Å². The number of carbonyl (C=O) groups excluding carboxylic acids is 2. The van der Waals surface area contributed by atoms with E-state index in [9.17, 15) is 9.59 Å². The minimum absolute atomic E-state index is 0.0535. The molecule has 1 aromatic rings. The summed E-state index contributed by atoms with van der Waals surface area (Å²) in [5, 5.41) is 5.93. The summed E-state index contributed by atoms with van der Waals surface area (Å²) >= 11 is 0. The third kappa shape index (κ3) is 2.28. The first-order valence-electron chi connectivity index (χ1n) is 6.65. The number of amides is 2. The van der Waals surface area contributed by atoms with Gasteiger partial charge in [-0.15, -0.1) is 0 Å². The van der Waals surface area contributed by atoms with Gasteiger partial charge in [0.2, 0.25) is 11.8 Å². The molecule has 0 aliphatic carbocycles. The van der Waals surface area contributed by atoms with Crippen molar-refractivity contribution in [3.8, 4) is 0 Å². The molecule has 2 unspecified atom stereocenters. The SMILES string of the molecule is COC1CNC(C(=O)N2CC(=O)Nc3ccccc32)C1. The fraction of sp³-hybridized carbons (Fsp3) is 0.429. The van der Waals surface area contributed by atoms with Gasteiger partial charge in [0.25, 0.3) is 0 Å². The van der Waals surface area contributed by atoms with Crippen LogP contribution in [0.2, 0.25) is 0 Å². The maximum absolute atomic E-state index is 12.6. The van der Waals surface area contributed by atoms with Crippen LogP contribution in [0.15, 0.2) is 24.3 Å². The number of carbonyl (C=O) groups is 2. The predicted molar refractivity (Wildman–Crippen MR) is 74.6 cm³/mol. The number of nitrogens with zero attached hydrogens (tertiary/aromatic N) is 1. The number of ether oxygens (including phenoxy) is 1. The summed E-state index contributed by atoms with van der Waals surface area (Å²) in [6.45, 7) is 0.722. The van der Waals surface area contributed by atoms with Crippen molar-refractivity contribution in [2.75, 3.05) is 30.4 Å². The average molecular weight is 275 g/mol. The van der Waals surface area contributed by atoms with E-state index in [2.05, 4.69) is 10.6 Å². The zero-order valence-electron chi connectivity index (χ0n) is 11.3. The van der Waals surface area contributed by atoms with Gasteiger partial charge in [-0.05, 0) is 18.6 Å². The lowest BCUT2D eigenvalue weighted by Crippen LogP contribution is -2.49. The van der Waals surface area contributed by atoms with Crippen LogP contribution >= 0.6 is 0 Å². The summed E-state index contributed by atoms with van der Waals surface area (Å²) in [6.07, 6.45) is 0.688. The van der Waals surface area contributed by atoms with Crippen molar-refractivity contribution < 1.29 is 14.3 Å². The van der Waals surface area contributed by atoms with Gasteiger partial charge in [0.05, 0.1) is 23.5 Å².